The molecule has 6 heteroatoms. The number of esters is 1. The van der Waals surface area contributed by atoms with E-state index >= 15 is 0 Å². The van der Waals surface area contributed by atoms with Gasteiger partial charge in [0.1, 0.15) is 12.0 Å². The molecular weight excluding hydrogens is 202 g/mol. The number of methoxy groups -OCH3 is 1. The zero-order valence-corrected chi connectivity index (χ0v) is 8.27. The highest BCUT2D eigenvalue weighted by atomic mass is 16.5. The normalized spacial score (nSPS) is 9.73. The van der Waals surface area contributed by atoms with Gasteiger partial charge >= 0.3 is 5.97 Å². The first-order valence-corrected chi connectivity index (χ1v) is 4.11. The molecule has 0 aliphatic carbocycles. The number of oxazole rings is 1. The molecule has 0 fully saturated rings. The monoisotopic (exact) mass is 211 g/mol. The Hall–Kier alpha value is -1.98. The summed E-state index contributed by atoms with van der Waals surface area (Å²) < 4.78 is 8.96. The summed E-state index contributed by atoms with van der Waals surface area (Å²) in [7, 11) is 1.07. The molecule has 0 N–H and O–H groups in total. The molecule has 0 saturated heterocycles. The third-order valence-electron chi connectivity index (χ3n) is 1.64. The molecule has 0 unspecified atom stereocenters. The van der Waals surface area contributed by atoms with Crippen molar-refractivity contribution in [1.29, 1.82) is 0 Å². The zero-order valence-electron chi connectivity index (χ0n) is 8.27. The highest BCUT2D eigenvalue weighted by molar-refractivity contribution is 6.37. The van der Waals surface area contributed by atoms with Crippen molar-refractivity contribution in [2.24, 2.45) is 0 Å². The smallest absolute Gasteiger partial charge is 0.374 e. The summed E-state index contributed by atoms with van der Waals surface area (Å²) in [6, 6.07) is 0. The van der Waals surface area contributed by atoms with Crippen molar-refractivity contribution in [3.8, 4) is 0 Å². The van der Waals surface area contributed by atoms with Gasteiger partial charge in [0.15, 0.2) is 11.7 Å². The fraction of sp³-hybridized carbons (Fsp3) is 0.333. The molecule has 6 nitrogen and oxygen atoms in total. The van der Waals surface area contributed by atoms with Crippen LogP contribution in [0.15, 0.2) is 10.7 Å². The van der Waals surface area contributed by atoms with Gasteiger partial charge in [-0.25, -0.2) is 9.78 Å². The average Bonchev–Trinajstić information content (AvgIpc) is 2.63. The van der Waals surface area contributed by atoms with E-state index in [0.717, 1.165) is 13.4 Å². The lowest BCUT2D eigenvalue weighted by molar-refractivity contribution is -0.151. The summed E-state index contributed by atoms with van der Waals surface area (Å²) in [5, 5.41) is 0. The third-order valence-corrected chi connectivity index (χ3v) is 1.64. The molecule has 1 heterocycles. The lowest BCUT2D eigenvalue weighted by Gasteiger charge is -1.95. The maximum absolute atomic E-state index is 11.3. The van der Waals surface area contributed by atoms with Crippen LogP contribution in [0, 0.1) is 6.92 Å². The van der Waals surface area contributed by atoms with Gasteiger partial charge in [-0.05, 0) is 0 Å². The Labute approximate surface area is 85.2 Å². The Morgan fingerprint density at radius 2 is 2.13 bits per heavy atom. The number of aromatic nitrogens is 1. The minimum Gasteiger partial charge on any atom is -0.463 e. The van der Waals surface area contributed by atoms with Crippen molar-refractivity contribution < 1.29 is 23.5 Å². The summed E-state index contributed by atoms with van der Waals surface area (Å²) in [4.78, 5) is 36.8. The highest BCUT2D eigenvalue weighted by Crippen LogP contribution is 2.04. The van der Waals surface area contributed by atoms with Crippen LogP contribution in [0.25, 0.3) is 0 Å². The molecule has 1 aromatic heterocycles. The van der Waals surface area contributed by atoms with Gasteiger partial charge in [0.05, 0.1) is 13.5 Å². The van der Waals surface area contributed by atoms with Crippen LogP contribution in [-0.4, -0.2) is 29.6 Å². The second-order valence-electron chi connectivity index (χ2n) is 2.77. The minimum absolute atomic E-state index is 0.0322. The number of hydrogen-bond donors (Lipinski definition) is 0. The van der Waals surface area contributed by atoms with Crippen molar-refractivity contribution >= 4 is 17.5 Å². The summed E-state index contributed by atoms with van der Waals surface area (Å²) >= 11 is 0. The van der Waals surface area contributed by atoms with Gasteiger partial charge in [-0.15, -0.1) is 0 Å². The van der Waals surface area contributed by atoms with Crippen LogP contribution in [0.3, 0.4) is 0 Å². The van der Waals surface area contributed by atoms with Crippen LogP contribution in [-0.2, 0) is 14.3 Å². The van der Waals surface area contributed by atoms with Crippen LogP contribution in [0.5, 0.6) is 0 Å². The lowest BCUT2D eigenvalue weighted by atomic mass is 10.1. The second kappa shape index (κ2) is 4.50. The van der Waals surface area contributed by atoms with Crippen LogP contribution in [0.4, 0.5) is 0 Å². The summed E-state index contributed by atoms with van der Waals surface area (Å²) in [5.41, 5.74) is 0.0322. The van der Waals surface area contributed by atoms with Gasteiger partial charge in [0.25, 0.3) is 0 Å². The summed E-state index contributed by atoms with van der Waals surface area (Å²) in [5.74, 6) is -2.18. The molecule has 0 radical (unpaired) electrons. The Morgan fingerprint density at radius 1 is 1.47 bits per heavy atom. The first-order chi connectivity index (χ1) is 7.04. The van der Waals surface area contributed by atoms with E-state index in [9.17, 15) is 14.4 Å². The standard InChI is InChI=1S/C9H9NO5/c1-5-10-6(4-15-5)7(11)3-8(12)9(13)14-2/h4H,3H2,1-2H3. The number of ketones is 2. The molecule has 0 atom stereocenters. The number of carbonyl (C=O) groups excluding carboxylic acids is 3. The van der Waals surface area contributed by atoms with Crippen LogP contribution >= 0.6 is 0 Å². The quantitative estimate of drug-likeness (QED) is 0.308. The van der Waals surface area contributed by atoms with Gasteiger partial charge in [0, 0.05) is 6.92 Å². The minimum atomic E-state index is -1.04. The van der Waals surface area contributed by atoms with Crippen molar-refractivity contribution in [2.45, 2.75) is 13.3 Å². The molecule has 15 heavy (non-hydrogen) atoms. The first-order valence-electron chi connectivity index (χ1n) is 4.11. The second-order valence-corrected chi connectivity index (χ2v) is 2.77. The Kier molecular flexibility index (Phi) is 3.33. The van der Waals surface area contributed by atoms with Gasteiger partial charge in [-0.3, -0.25) is 9.59 Å². The fourth-order valence-corrected chi connectivity index (χ4v) is 0.914. The predicted molar refractivity (Wildman–Crippen MR) is 47.2 cm³/mol. The molecule has 0 aliphatic rings. The van der Waals surface area contributed by atoms with E-state index < -0.39 is 24.0 Å². The number of Topliss-reactive ketones (excluding diaryl/α,β-unsaturated/α-hetero) is 2. The molecule has 1 rings (SSSR count). The topological polar surface area (TPSA) is 86.5 Å². The van der Waals surface area contributed by atoms with Crippen molar-refractivity contribution in [3.05, 3.63) is 17.8 Å². The van der Waals surface area contributed by atoms with E-state index in [1.54, 1.807) is 6.92 Å². The Bertz CT molecular complexity index is 406. The summed E-state index contributed by atoms with van der Waals surface area (Å²) in [6.07, 6.45) is 0.584. The number of hydrogen-bond acceptors (Lipinski definition) is 6. The van der Waals surface area contributed by atoms with Gasteiger partial charge < -0.3 is 9.15 Å². The van der Waals surface area contributed by atoms with Crippen molar-refractivity contribution in [3.63, 3.8) is 0 Å². The average molecular weight is 211 g/mol. The number of carbonyl (C=O) groups is 3. The van der Waals surface area contributed by atoms with Crippen LogP contribution < -0.4 is 0 Å². The van der Waals surface area contributed by atoms with Crippen molar-refractivity contribution in [2.75, 3.05) is 7.11 Å². The van der Waals surface area contributed by atoms with Crippen molar-refractivity contribution in [1.82, 2.24) is 4.98 Å². The molecule has 0 aliphatic heterocycles. The maximum Gasteiger partial charge on any atom is 0.374 e. The molecule has 0 bridgehead atoms. The van der Waals surface area contributed by atoms with E-state index in [1.807, 2.05) is 0 Å². The highest BCUT2D eigenvalue weighted by Gasteiger charge is 2.21. The van der Waals surface area contributed by atoms with Gasteiger partial charge in [0.2, 0.25) is 5.78 Å². The maximum atomic E-state index is 11.3. The lowest BCUT2D eigenvalue weighted by Crippen LogP contribution is -2.19. The van der Waals surface area contributed by atoms with Crippen LogP contribution in [0.1, 0.15) is 22.8 Å². The molecule has 0 saturated carbocycles. The number of aryl methyl sites for hydroxylation is 1. The molecular formula is C9H9NO5. The number of ether oxygens (including phenoxy) is 1. The number of nitrogens with zero attached hydrogens (tertiary/aromatic N) is 1. The van der Waals surface area contributed by atoms with Gasteiger partial charge in [-0.1, -0.05) is 0 Å². The largest absolute Gasteiger partial charge is 0.463 e. The van der Waals surface area contributed by atoms with Crippen LogP contribution in [0.2, 0.25) is 0 Å². The zero-order chi connectivity index (χ0) is 11.4. The molecule has 80 valence electrons. The summed E-state index contributed by atoms with van der Waals surface area (Å²) in [6.45, 7) is 1.57. The molecule has 1 aromatic rings. The Balaban J connectivity index is 2.64. The predicted octanol–water partition coefficient (Wildman–Crippen LogP) is 0.298. The van der Waals surface area contributed by atoms with E-state index in [-0.39, 0.29) is 5.69 Å². The fourth-order valence-electron chi connectivity index (χ4n) is 0.914. The molecule has 0 amide bonds. The van der Waals surface area contributed by atoms with E-state index in [4.69, 9.17) is 4.42 Å². The third kappa shape index (κ3) is 2.73. The SMILES string of the molecule is COC(=O)C(=O)CC(=O)c1coc(C)n1. The van der Waals surface area contributed by atoms with E-state index in [2.05, 4.69) is 9.72 Å². The van der Waals surface area contributed by atoms with Gasteiger partial charge in [-0.2, -0.15) is 0 Å². The Morgan fingerprint density at radius 3 is 2.60 bits per heavy atom. The molecule has 0 aromatic carbocycles. The first kappa shape index (κ1) is 11.1. The number of rotatable bonds is 4. The molecule has 0 spiro atoms. The van der Waals surface area contributed by atoms with E-state index in [1.165, 1.54) is 0 Å². The van der Waals surface area contributed by atoms with E-state index in [0.29, 0.717) is 5.89 Å².